The third-order valence-corrected chi connectivity index (χ3v) is 3.78. The first kappa shape index (κ1) is 13.9. The Labute approximate surface area is 114 Å². The van der Waals surface area contributed by atoms with Crippen LogP contribution in [-0.2, 0) is 9.47 Å². The van der Waals surface area contributed by atoms with Crippen molar-refractivity contribution < 1.29 is 9.47 Å². The highest BCUT2D eigenvalue weighted by Gasteiger charge is 2.30. The molecule has 0 unspecified atom stereocenters. The van der Waals surface area contributed by atoms with Crippen LogP contribution in [0.1, 0.15) is 45.0 Å². The van der Waals surface area contributed by atoms with Crippen molar-refractivity contribution in [3.05, 3.63) is 34.9 Å². The van der Waals surface area contributed by atoms with Gasteiger partial charge in [-0.05, 0) is 25.0 Å². The summed E-state index contributed by atoms with van der Waals surface area (Å²) in [5, 5.41) is 0.742. The Morgan fingerprint density at radius 2 is 1.94 bits per heavy atom. The number of benzene rings is 1. The molecule has 0 bridgehead atoms. The summed E-state index contributed by atoms with van der Waals surface area (Å²) in [6.45, 7) is 5.18. The average molecular weight is 269 g/mol. The van der Waals surface area contributed by atoms with E-state index in [2.05, 4.69) is 13.8 Å². The highest BCUT2D eigenvalue weighted by molar-refractivity contribution is 6.30. The molecule has 0 amide bonds. The van der Waals surface area contributed by atoms with Crippen LogP contribution in [0.5, 0.6) is 0 Å². The molecule has 1 fully saturated rings. The molecule has 0 spiro atoms. The minimum absolute atomic E-state index is 0.235. The van der Waals surface area contributed by atoms with E-state index in [1.54, 1.807) is 0 Å². The third-order valence-electron chi connectivity index (χ3n) is 3.53. The fraction of sp³-hybridized carbons (Fsp3) is 0.600. The molecule has 1 heterocycles. The van der Waals surface area contributed by atoms with Gasteiger partial charge in [-0.3, -0.25) is 0 Å². The van der Waals surface area contributed by atoms with E-state index >= 15 is 0 Å². The molecule has 1 aliphatic heterocycles. The van der Waals surface area contributed by atoms with Crippen molar-refractivity contribution in [1.29, 1.82) is 0 Å². The van der Waals surface area contributed by atoms with Gasteiger partial charge in [0.2, 0.25) is 0 Å². The fourth-order valence-electron chi connectivity index (χ4n) is 2.39. The first-order chi connectivity index (χ1) is 8.74. The monoisotopic (exact) mass is 268 g/mol. The second-order valence-corrected chi connectivity index (χ2v) is 5.28. The molecule has 1 aliphatic rings. The Kier molecular flexibility index (Phi) is 5.04. The summed E-state index contributed by atoms with van der Waals surface area (Å²) < 4.78 is 11.9. The van der Waals surface area contributed by atoms with E-state index in [1.165, 1.54) is 0 Å². The predicted molar refractivity (Wildman–Crippen MR) is 73.7 cm³/mol. The first-order valence-corrected chi connectivity index (χ1v) is 7.15. The molecule has 2 rings (SSSR count). The standard InChI is InChI=1S/C15H21ClO2/c1-3-5-14-11(4-2)10-17-15(18-14)12-6-8-13(16)9-7-12/h6-9,11,14-15H,3-5,10H2,1-2H3/t11-,14-,15-/m0/s1. The molecule has 100 valence electrons. The largest absolute Gasteiger partial charge is 0.348 e. The van der Waals surface area contributed by atoms with Crippen LogP contribution in [0.4, 0.5) is 0 Å². The van der Waals surface area contributed by atoms with Gasteiger partial charge in [-0.2, -0.15) is 0 Å². The third kappa shape index (κ3) is 3.25. The van der Waals surface area contributed by atoms with Gasteiger partial charge >= 0.3 is 0 Å². The highest BCUT2D eigenvalue weighted by atomic mass is 35.5. The minimum atomic E-state index is -0.235. The number of hydrogen-bond acceptors (Lipinski definition) is 2. The summed E-state index contributed by atoms with van der Waals surface area (Å²) in [6, 6.07) is 7.71. The molecular weight excluding hydrogens is 248 g/mol. The lowest BCUT2D eigenvalue weighted by atomic mass is 9.95. The molecule has 1 aromatic rings. The SMILES string of the molecule is CCC[C@@H]1O[C@@H](c2ccc(Cl)cc2)OC[C@@H]1CC. The van der Waals surface area contributed by atoms with Gasteiger partial charge in [0.25, 0.3) is 0 Å². The molecule has 0 radical (unpaired) electrons. The number of halogens is 1. The van der Waals surface area contributed by atoms with E-state index in [0.29, 0.717) is 12.0 Å². The Morgan fingerprint density at radius 1 is 1.22 bits per heavy atom. The Bertz CT molecular complexity index is 363. The summed E-state index contributed by atoms with van der Waals surface area (Å²) in [5.74, 6) is 0.522. The molecule has 3 atom stereocenters. The lowest BCUT2D eigenvalue weighted by molar-refractivity contribution is -0.243. The van der Waals surface area contributed by atoms with Gasteiger partial charge in [0.05, 0.1) is 12.7 Å². The van der Waals surface area contributed by atoms with Gasteiger partial charge in [-0.15, -0.1) is 0 Å². The van der Waals surface area contributed by atoms with Crippen molar-refractivity contribution in [2.24, 2.45) is 5.92 Å². The molecular formula is C15H21ClO2. The minimum Gasteiger partial charge on any atom is -0.348 e. The van der Waals surface area contributed by atoms with Crippen LogP contribution in [0.3, 0.4) is 0 Å². The molecule has 3 heteroatoms. The maximum Gasteiger partial charge on any atom is 0.184 e. The zero-order chi connectivity index (χ0) is 13.0. The topological polar surface area (TPSA) is 18.5 Å². The van der Waals surface area contributed by atoms with Crippen molar-refractivity contribution >= 4 is 11.6 Å². The van der Waals surface area contributed by atoms with E-state index in [9.17, 15) is 0 Å². The second kappa shape index (κ2) is 6.55. The lowest BCUT2D eigenvalue weighted by Gasteiger charge is -2.36. The molecule has 18 heavy (non-hydrogen) atoms. The van der Waals surface area contributed by atoms with Gasteiger partial charge < -0.3 is 9.47 Å². The normalized spacial score (nSPS) is 28.3. The summed E-state index contributed by atoms with van der Waals surface area (Å²) in [6.07, 6.45) is 3.44. The Balaban J connectivity index is 2.05. The van der Waals surface area contributed by atoms with E-state index in [-0.39, 0.29) is 6.29 Å². The molecule has 2 nitrogen and oxygen atoms in total. The van der Waals surface area contributed by atoms with Crippen LogP contribution in [0.15, 0.2) is 24.3 Å². The lowest BCUT2D eigenvalue weighted by Crippen LogP contribution is -2.35. The number of hydrogen-bond donors (Lipinski definition) is 0. The van der Waals surface area contributed by atoms with Crippen LogP contribution in [0, 0.1) is 5.92 Å². The van der Waals surface area contributed by atoms with Crippen molar-refractivity contribution in [2.75, 3.05) is 6.61 Å². The maximum atomic E-state index is 6.09. The Hall–Kier alpha value is -0.570. The van der Waals surface area contributed by atoms with E-state index in [0.717, 1.165) is 36.5 Å². The van der Waals surface area contributed by atoms with E-state index < -0.39 is 0 Å². The quantitative estimate of drug-likeness (QED) is 0.796. The van der Waals surface area contributed by atoms with Crippen molar-refractivity contribution in [3.8, 4) is 0 Å². The number of ether oxygens (including phenoxy) is 2. The van der Waals surface area contributed by atoms with Crippen LogP contribution in [0.2, 0.25) is 5.02 Å². The van der Waals surface area contributed by atoms with Crippen LogP contribution in [-0.4, -0.2) is 12.7 Å². The van der Waals surface area contributed by atoms with Crippen LogP contribution >= 0.6 is 11.6 Å². The van der Waals surface area contributed by atoms with Gasteiger partial charge in [-0.1, -0.05) is 44.0 Å². The number of rotatable bonds is 4. The van der Waals surface area contributed by atoms with Gasteiger partial charge in [0.15, 0.2) is 6.29 Å². The summed E-state index contributed by atoms with van der Waals surface area (Å²) in [5.41, 5.74) is 1.05. The maximum absolute atomic E-state index is 6.09. The highest BCUT2D eigenvalue weighted by Crippen LogP contribution is 2.32. The van der Waals surface area contributed by atoms with Gasteiger partial charge in [-0.25, -0.2) is 0 Å². The summed E-state index contributed by atoms with van der Waals surface area (Å²) in [7, 11) is 0. The van der Waals surface area contributed by atoms with Crippen LogP contribution < -0.4 is 0 Å². The molecule has 0 N–H and O–H groups in total. The van der Waals surface area contributed by atoms with Gasteiger partial charge in [0, 0.05) is 16.5 Å². The first-order valence-electron chi connectivity index (χ1n) is 6.77. The van der Waals surface area contributed by atoms with E-state index in [4.69, 9.17) is 21.1 Å². The molecule has 1 aromatic carbocycles. The molecule has 0 aromatic heterocycles. The van der Waals surface area contributed by atoms with Crippen molar-refractivity contribution in [2.45, 2.75) is 45.5 Å². The fourth-order valence-corrected chi connectivity index (χ4v) is 2.52. The predicted octanol–water partition coefficient (Wildman–Crippen LogP) is 4.58. The molecule has 1 saturated heterocycles. The zero-order valence-electron chi connectivity index (χ0n) is 11.1. The van der Waals surface area contributed by atoms with Crippen LogP contribution in [0.25, 0.3) is 0 Å². The van der Waals surface area contributed by atoms with Crippen molar-refractivity contribution in [1.82, 2.24) is 0 Å². The molecule has 0 saturated carbocycles. The van der Waals surface area contributed by atoms with E-state index in [1.807, 2.05) is 24.3 Å². The Morgan fingerprint density at radius 3 is 2.56 bits per heavy atom. The van der Waals surface area contributed by atoms with Gasteiger partial charge in [0.1, 0.15) is 0 Å². The smallest absolute Gasteiger partial charge is 0.184 e. The summed E-state index contributed by atoms with van der Waals surface area (Å²) >= 11 is 5.89. The average Bonchev–Trinajstić information content (AvgIpc) is 2.40. The van der Waals surface area contributed by atoms with Crippen molar-refractivity contribution in [3.63, 3.8) is 0 Å². The summed E-state index contributed by atoms with van der Waals surface area (Å²) in [4.78, 5) is 0. The molecule has 0 aliphatic carbocycles. The second-order valence-electron chi connectivity index (χ2n) is 4.85. The zero-order valence-corrected chi connectivity index (χ0v) is 11.8.